The quantitative estimate of drug-likeness (QED) is 0.798. The Balaban J connectivity index is 2.06. The number of rotatable bonds is 7. The SMILES string of the molecule is CCCN(CC(O)c1ccccc1)C1COCC1C(=O)O. The van der Waals surface area contributed by atoms with Crippen LogP contribution in [0.15, 0.2) is 30.3 Å². The van der Waals surface area contributed by atoms with Crippen molar-refractivity contribution in [2.24, 2.45) is 5.92 Å². The van der Waals surface area contributed by atoms with Gasteiger partial charge in [0, 0.05) is 12.6 Å². The maximum absolute atomic E-state index is 11.3. The van der Waals surface area contributed by atoms with Crippen molar-refractivity contribution in [1.29, 1.82) is 0 Å². The van der Waals surface area contributed by atoms with Gasteiger partial charge >= 0.3 is 5.97 Å². The van der Waals surface area contributed by atoms with Crippen molar-refractivity contribution >= 4 is 5.97 Å². The predicted molar refractivity (Wildman–Crippen MR) is 79.0 cm³/mol. The average Bonchev–Trinajstić information content (AvgIpc) is 2.97. The van der Waals surface area contributed by atoms with Crippen LogP contribution in [0.5, 0.6) is 0 Å². The zero-order valence-corrected chi connectivity index (χ0v) is 12.3. The number of hydrogen-bond donors (Lipinski definition) is 2. The summed E-state index contributed by atoms with van der Waals surface area (Å²) in [4.78, 5) is 13.4. The monoisotopic (exact) mass is 293 g/mol. The minimum Gasteiger partial charge on any atom is -0.481 e. The van der Waals surface area contributed by atoms with Crippen LogP contribution in [0.2, 0.25) is 0 Å². The first-order valence-corrected chi connectivity index (χ1v) is 7.41. The third-order valence-corrected chi connectivity index (χ3v) is 3.94. The number of nitrogens with zero attached hydrogens (tertiary/aromatic N) is 1. The van der Waals surface area contributed by atoms with Crippen LogP contribution in [0.3, 0.4) is 0 Å². The molecule has 1 saturated heterocycles. The molecule has 1 heterocycles. The molecule has 116 valence electrons. The van der Waals surface area contributed by atoms with Crippen LogP contribution in [-0.4, -0.2) is 53.4 Å². The standard InChI is InChI=1S/C16H23NO4/c1-2-8-17(14-11-21-10-13(14)16(19)20)9-15(18)12-6-4-3-5-7-12/h3-7,13-15,18H,2,8-11H2,1H3,(H,19,20). The van der Waals surface area contributed by atoms with Crippen LogP contribution in [0.25, 0.3) is 0 Å². The number of carboxylic acid groups (broad SMARTS) is 1. The molecule has 2 rings (SSSR count). The molecule has 1 aromatic carbocycles. The van der Waals surface area contributed by atoms with E-state index in [4.69, 9.17) is 4.74 Å². The minimum atomic E-state index is -0.826. The van der Waals surface area contributed by atoms with Gasteiger partial charge in [0.2, 0.25) is 0 Å². The van der Waals surface area contributed by atoms with Gasteiger partial charge in [0.15, 0.2) is 0 Å². The molecular weight excluding hydrogens is 270 g/mol. The van der Waals surface area contributed by atoms with Crippen molar-refractivity contribution in [3.8, 4) is 0 Å². The van der Waals surface area contributed by atoms with Gasteiger partial charge in [-0.05, 0) is 18.5 Å². The Morgan fingerprint density at radius 2 is 2.10 bits per heavy atom. The molecule has 5 heteroatoms. The number of aliphatic hydroxyl groups excluding tert-OH is 1. The lowest BCUT2D eigenvalue weighted by Gasteiger charge is -2.31. The first kappa shape index (κ1) is 15.9. The molecule has 0 spiro atoms. The molecule has 0 saturated carbocycles. The van der Waals surface area contributed by atoms with E-state index < -0.39 is 18.0 Å². The molecular formula is C16H23NO4. The van der Waals surface area contributed by atoms with Crippen molar-refractivity contribution in [2.45, 2.75) is 25.5 Å². The Hall–Kier alpha value is -1.43. The van der Waals surface area contributed by atoms with Gasteiger partial charge in [0.1, 0.15) is 0 Å². The van der Waals surface area contributed by atoms with Gasteiger partial charge in [-0.3, -0.25) is 9.69 Å². The van der Waals surface area contributed by atoms with Crippen molar-refractivity contribution in [2.75, 3.05) is 26.3 Å². The van der Waals surface area contributed by atoms with E-state index in [9.17, 15) is 15.0 Å². The Labute approximate surface area is 125 Å². The molecule has 1 fully saturated rings. The molecule has 21 heavy (non-hydrogen) atoms. The predicted octanol–water partition coefficient (Wildman–Crippen LogP) is 1.53. The van der Waals surface area contributed by atoms with Gasteiger partial charge in [-0.2, -0.15) is 0 Å². The number of carboxylic acids is 1. The summed E-state index contributed by atoms with van der Waals surface area (Å²) in [6.07, 6.45) is 0.289. The van der Waals surface area contributed by atoms with Gasteiger partial charge in [0.25, 0.3) is 0 Å². The van der Waals surface area contributed by atoms with Crippen LogP contribution < -0.4 is 0 Å². The molecule has 3 atom stereocenters. The van der Waals surface area contributed by atoms with Crippen LogP contribution >= 0.6 is 0 Å². The highest BCUT2D eigenvalue weighted by atomic mass is 16.5. The fourth-order valence-electron chi connectivity index (χ4n) is 2.82. The van der Waals surface area contributed by atoms with E-state index in [2.05, 4.69) is 0 Å². The van der Waals surface area contributed by atoms with E-state index in [0.717, 1.165) is 18.5 Å². The summed E-state index contributed by atoms with van der Waals surface area (Å²) in [6, 6.07) is 9.29. The van der Waals surface area contributed by atoms with E-state index >= 15 is 0 Å². The molecule has 2 N–H and O–H groups in total. The molecule has 0 radical (unpaired) electrons. The normalized spacial score (nSPS) is 23.4. The van der Waals surface area contributed by atoms with Gasteiger partial charge < -0.3 is 14.9 Å². The number of hydrogen-bond acceptors (Lipinski definition) is 4. The zero-order valence-electron chi connectivity index (χ0n) is 12.3. The molecule has 0 aromatic heterocycles. The lowest BCUT2D eigenvalue weighted by molar-refractivity contribution is -0.143. The maximum atomic E-state index is 11.3. The zero-order chi connectivity index (χ0) is 15.2. The molecule has 0 amide bonds. The van der Waals surface area contributed by atoms with Crippen LogP contribution in [0, 0.1) is 5.92 Å². The van der Waals surface area contributed by atoms with Crippen molar-refractivity contribution < 1.29 is 19.7 Å². The van der Waals surface area contributed by atoms with Crippen molar-refractivity contribution in [3.63, 3.8) is 0 Å². The van der Waals surface area contributed by atoms with Gasteiger partial charge in [0.05, 0.1) is 25.2 Å². The summed E-state index contributed by atoms with van der Waals surface area (Å²) in [5.74, 6) is -1.34. The third-order valence-electron chi connectivity index (χ3n) is 3.94. The summed E-state index contributed by atoms with van der Waals surface area (Å²) < 4.78 is 5.34. The van der Waals surface area contributed by atoms with Crippen molar-refractivity contribution in [1.82, 2.24) is 4.90 Å². The Morgan fingerprint density at radius 1 is 1.38 bits per heavy atom. The number of aliphatic carboxylic acids is 1. The lowest BCUT2D eigenvalue weighted by atomic mass is 10.0. The van der Waals surface area contributed by atoms with E-state index in [0.29, 0.717) is 13.2 Å². The second-order valence-corrected chi connectivity index (χ2v) is 5.47. The van der Waals surface area contributed by atoms with Crippen LogP contribution in [-0.2, 0) is 9.53 Å². The fourth-order valence-corrected chi connectivity index (χ4v) is 2.82. The first-order chi connectivity index (χ1) is 10.1. The number of aliphatic hydroxyl groups is 1. The first-order valence-electron chi connectivity index (χ1n) is 7.41. The van der Waals surface area contributed by atoms with Gasteiger partial charge in [-0.15, -0.1) is 0 Å². The van der Waals surface area contributed by atoms with Crippen molar-refractivity contribution in [3.05, 3.63) is 35.9 Å². The highest BCUT2D eigenvalue weighted by molar-refractivity contribution is 5.71. The smallest absolute Gasteiger partial charge is 0.310 e. The summed E-state index contributed by atoms with van der Waals surface area (Å²) in [5, 5.41) is 19.7. The second-order valence-electron chi connectivity index (χ2n) is 5.47. The summed E-state index contributed by atoms with van der Waals surface area (Å²) in [7, 11) is 0. The number of ether oxygens (including phenoxy) is 1. The molecule has 0 bridgehead atoms. The second kappa shape index (κ2) is 7.54. The van der Waals surface area contributed by atoms with E-state index in [1.165, 1.54) is 0 Å². The van der Waals surface area contributed by atoms with E-state index in [1.54, 1.807) is 0 Å². The maximum Gasteiger partial charge on any atom is 0.310 e. The molecule has 1 aromatic rings. The highest BCUT2D eigenvalue weighted by Crippen LogP contribution is 2.23. The Bertz CT molecular complexity index is 451. The molecule has 5 nitrogen and oxygen atoms in total. The molecule has 3 unspecified atom stereocenters. The summed E-state index contributed by atoms with van der Waals surface area (Å²) >= 11 is 0. The summed E-state index contributed by atoms with van der Waals surface area (Å²) in [6.45, 7) is 3.89. The Kier molecular flexibility index (Phi) is 5.73. The van der Waals surface area contributed by atoms with Crippen LogP contribution in [0.4, 0.5) is 0 Å². The summed E-state index contributed by atoms with van der Waals surface area (Å²) in [5.41, 5.74) is 0.851. The largest absolute Gasteiger partial charge is 0.481 e. The number of carbonyl (C=O) groups is 1. The molecule has 1 aliphatic rings. The lowest BCUT2D eigenvalue weighted by Crippen LogP contribution is -2.45. The Morgan fingerprint density at radius 3 is 2.71 bits per heavy atom. The highest BCUT2D eigenvalue weighted by Gasteiger charge is 2.38. The molecule has 0 aliphatic carbocycles. The number of benzene rings is 1. The molecule has 1 aliphatic heterocycles. The van der Waals surface area contributed by atoms with Gasteiger partial charge in [-0.1, -0.05) is 37.3 Å². The fraction of sp³-hybridized carbons (Fsp3) is 0.562. The van der Waals surface area contributed by atoms with E-state index in [-0.39, 0.29) is 12.6 Å². The van der Waals surface area contributed by atoms with Crippen LogP contribution in [0.1, 0.15) is 25.0 Å². The van der Waals surface area contributed by atoms with E-state index in [1.807, 2.05) is 42.2 Å². The third kappa shape index (κ3) is 4.03. The van der Waals surface area contributed by atoms with Gasteiger partial charge in [-0.25, -0.2) is 0 Å². The average molecular weight is 293 g/mol. The minimum absolute atomic E-state index is 0.166. The topological polar surface area (TPSA) is 70.0 Å².